The highest BCUT2D eigenvalue weighted by Crippen LogP contribution is 2.25. The van der Waals surface area contributed by atoms with E-state index in [1.165, 1.54) is 6.20 Å². The van der Waals surface area contributed by atoms with E-state index < -0.39 is 29.8 Å². The molecule has 0 atom stereocenters. The Hall–Kier alpha value is -2.57. The van der Waals surface area contributed by atoms with Crippen LogP contribution in [0.25, 0.3) is 0 Å². The van der Waals surface area contributed by atoms with Crippen LogP contribution >= 0.6 is 0 Å². The Kier molecular flexibility index (Phi) is 5.78. The van der Waals surface area contributed by atoms with E-state index in [0.717, 1.165) is 22.6 Å². The van der Waals surface area contributed by atoms with Crippen LogP contribution in [0.3, 0.4) is 0 Å². The molecule has 0 spiro atoms. The van der Waals surface area contributed by atoms with E-state index in [1.807, 2.05) is 30.3 Å². The van der Waals surface area contributed by atoms with Gasteiger partial charge in [0.25, 0.3) is 5.56 Å². The number of pyridine rings is 1. The Balaban J connectivity index is 1.86. The smallest absolute Gasteiger partial charge is 0.355 e. The van der Waals surface area contributed by atoms with Gasteiger partial charge >= 0.3 is 6.18 Å². The predicted molar refractivity (Wildman–Crippen MR) is 83.5 cm³/mol. The molecule has 0 aliphatic heterocycles. The average molecular weight is 338 g/mol. The van der Waals surface area contributed by atoms with Gasteiger partial charge < -0.3 is 9.88 Å². The number of carbonyl (C=O) groups excluding carboxylic acids is 1. The van der Waals surface area contributed by atoms with Gasteiger partial charge in [-0.3, -0.25) is 9.59 Å². The monoisotopic (exact) mass is 338 g/mol. The van der Waals surface area contributed by atoms with Crippen LogP contribution in [0.1, 0.15) is 17.5 Å². The predicted octanol–water partition coefficient (Wildman–Crippen LogP) is 2.62. The van der Waals surface area contributed by atoms with Gasteiger partial charge in [-0.1, -0.05) is 30.3 Å². The summed E-state index contributed by atoms with van der Waals surface area (Å²) in [5.41, 5.74) is -1.35. The van der Waals surface area contributed by atoms with E-state index in [-0.39, 0.29) is 0 Å². The summed E-state index contributed by atoms with van der Waals surface area (Å²) in [6.45, 7) is -0.0461. The average Bonchev–Trinajstić information content (AvgIpc) is 2.53. The molecule has 0 aliphatic carbocycles. The number of aromatic nitrogens is 1. The number of amides is 1. The zero-order valence-electron chi connectivity index (χ0n) is 12.8. The zero-order chi connectivity index (χ0) is 17.6. The maximum absolute atomic E-state index is 12.7. The first-order valence-electron chi connectivity index (χ1n) is 7.45. The fourth-order valence-electron chi connectivity index (χ4n) is 2.25. The molecule has 0 radical (unpaired) electrons. The molecule has 0 aliphatic rings. The minimum Gasteiger partial charge on any atom is -0.355 e. The van der Waals surface area contributed by atoms with Crippen molar-refractivity contribution in [1.29, 1.82) is 0 Å². The summed E-state index contributed by atoms with van der Waals surface area (Å²) in [5, 5.41) is 2.61. The first-order valence-corrected chi connectivity index (χ1v) is 7.45. The van der Waals surface area contributed by atoms with Gasteiger partial charge in [0.2, 0.25) is 5.91 Å². The maximum Gasteiger partial charge on any atom is 0.421 e. The summed E-state index contributed by atoms with van der Waals surface area (Å²) >= 11 is 0. The van der Waals surface area contributed by atoms with Crippen LogP contribution in [0.5, 0.6) is 0 Å². The number of carbonyl (C=O) groups is 1. The van der Waals surface area contributed by atoms with E-state index >= 15 is 0 Å². The fraction of sp³-hybridized carbons (Fsp3) is 0.294. The summed E-state index contributed by atoms with van der Waals surface area (Å²) in [6.07, 6.45) is -2.08. The number of alkyl halides is 3. The number of hydrogen-bond acceptors (Lipinski definition) is 2. The SMILES string of the molecule is O=C(Cn1cccc(C(F)(F)F)c1=O)NCCCc1ccccc1. The molecule has 1 aromatic heterocycles. The lowest BCUT2D eigenvalue weighted by Crippen LogP contribution is -2.35. The number of aryl methyl sites for hydroxylation is 1. The fourth-order valence-corrected chi connectivity index (χ4v) is 2.25. The Morgan fingerprint density at radius 1 is 1.08 bits per heavy atom. The Labute approximate surface area is 136 Å². The molecular weight excluding hydrogens is 321 g/mol. The number of benzene rings is 1. The molecule has 2 aromatic rings. The molecular formula is C17H17F3N2O2. The van der Waals surface area contributed by atoms with Crippen molar-refractivity contribution in [2.45, 2.75) is 25.6 Å². The first kappa shape index (κ1) is 17.8. The third-order valence-corrected chi connectivity index (χ3v) is 3.45. The molecule has 7 heteroatoms. The molecule has 0 saturated heterocycles. The molecule has 1 aromatic carbocycles. The summed E-state index contributed by atoms with van der Waals surface area (Å²) in [4.78, 5) is 23.5. The van der Waals surface area contributed by atoms with Crippen LogP contribution < -0.4 is 10.9 Å². The summed E-state index contributed by atoms with van der Waals surface area (Å²) in [7, 11) is 0. The van der Waals surface area contributed by atoms with Gasteiger partial charge in [-0.25, -0.2) is 0 Å². The van der Waals surface area contributed by atoms with Gasteiger partial charge in [-0.2, -0.15) is 13.2 Å². The standard InChI is InChI=1S/C17H17F3N2O2/c18-17(19,20)14-9-5-11-22(16(14)24)12-15(23)21-10-4-8-13-6-2-1-3-7-13/h1-3,5-7,9,11H,4,8,10,12H2,(H,21,23). The van der Waals surface area contributed by atoms with Gasteiger partial charge in [-0.15, -0.1) is 0 Å². The van der Waals surface area contributed by atoms with E-state index in [4.69, 9.17) is 0 Å². The number of halogens is 3. The second-order valence-corrected chi connectivity index (χ2v) is 5.29. The van der Waals surface area contributed by atoms with Crippen LogP contribution in [0.15, 0.2) is 53.5 Å². The van der Waals surface area contributed by atoms with Gasteiger partial charge in [-0.05, 0) is 30.5 Å². The molecule has 2 rings (SSSR count). The Bertz CT molecular complexity index is 739. The summed E-state index contributed by atoms with van der Waals surface area (Å²) in [6, 6.07) is 11.5. The minimum absolute atomic E-state index is 0.390. The van der Waals surface area contributed by atoms with Crippen molar-refractivity contribution in [3.63, 3.8) is 0 Å². The number of nitrogens with one attached hydrogen (secondary N) is 1. The van der Waals surface area contributed by atoms with Gasteiger partial charge in [0.1, 0.15) is 12.1 Å². The topological polar surface area (TPSA) is 51.1 Å². The normalized spacial score (nSPS) is 11.3. The lowest BCUT2D eigenvalue weighted by molar-refractivity contribution is -0.139. The molecule has 0 fully saturated rings. The molecule has 128 valence electrons. The van der Waals surface area contributed by atoms with Crippen molar-refractivity contribution < 1.29 is 18.0 Å². The zero-order valence-corrected chi connectivity index (χ0v) is 12.8. The lowest BCUT2D eigenvalue weighted by atomic mass is 10.1. The number of rotatable bonds is 6. The third-order valence-electron chi connectivity index (χ3n) is 3.45. The van der Waals surface area contributed by atoms with Crippen molar-refractivity contribution in [3.8, 4) is 0 Å². The highest BCUT2D eigenvalue weighted by Gasteiger charge is 2.34. The van der Waals surface area contributed by atoms with Crippen molar-refractivity contribution in [3.05, 3.63) is 70.1 Å². The second kappa shape index (κ2) is 7.81. The first-order chi connectivity index (χ1) is 11.4. The molecule has 4 nitrogen and oxygen atoms in total. The Morgan fingerprint density at radius 3 is 2.46 bits per heavy atom. The molecule has 1 heterocycles. The van der Waals surface area contributed by atoms with Crippen molar-refractivity contribution in [2.75, 3.05) is 6.54 Å². The quantitative estimate of drug-likeness (QED) is 0.823. The van der Waals surface area contributed by atoms with Crippen LogP contribution in [-0.4, -0.2) is 17.0 Å². The maximum atomic E-state index is 12.7. The molecule has 24 heavy (non-hydrogen) atoms. The molecule has 0 unspecified atom stereocenters. The van der Waals surface area contributed by atoms with Gasteiger partial charge in [0, 0.05) is 12.7 Å². The van der Waals surface area contributed by atoms with E-state index in [2.05, 4.69) is 5.32 Å². The summed E-state index contributed by atoms with van der Waals surface area (Å²) < 4.78 is 38.7. The molecule has 1 N–H and O–H groups in total. The highest BCUT2D eigenvalue weighted by atomic mass is 19.4. The van der Waals surface area contributed by atoms with Gasteiger partial charge in [0.15, 0.2) is 0 Å². The lowest BCUT2D eigenvalue weighted by Gasteiger charge is -2.10. The van der Waals surface area contributed by atoms with Gasteiger partial charge in [0.05, 0.1) is 0 Å². The molecule has 0 saturated carbocycles. The van der Waals surface area contributed by atoms with E-state index in [1.54, 1.807) is 0 Å². The number of nitrogens with zero attached hydrogens (tertiary/aromatic N) is 1. The minimum atomic E-state index is -4.73. The van der Waals surface area contributed by atoms with Crippen LogP contribution in [0, 0.1) is 0 Å². The number of hydrogen-bond donors (Lipinski definition) is 1. The van der Waals surface area contributed by atoms with Crippen molar-refractivity contribution >= 4 is 5.91 Å². The van der Waals surface area contributed by atoms with Crippen molar-refractivity contribution in [1.82, 2.24) is 9.88 Å². The molecule has 1 amide bonds. The third kappa shape index (κ3) is 4.97. The van der Waals surface area contributed by atoms with E-state index in [9.17, 15) is 22.8 Å². The largest absolute Gasteiger partial charge is 0.421 e. The second-order valence-electron chi connectivity index (χ2n) is 5.29. The summed E-state index contributed by atoms with van der Waals surface area (Å²) in [5.74, 6) is -0.496. The van der Waals surface area contributed by atoms with Crippen LogP contribution in [0.2, 0.25) is 0 Å². The molecule has 0 bridgehead atoms. The van der Waals surface area contributed by atoms with Crippen molar-refractivity contribution in [2.24, 2.45) is 0 Å². The van der Waals surface area contributed by atoms with Crippen LogP contribution in [-0.2, 0) is 23.9 Å². The van der Waals surface area contributed by atoms with Crippen LogP contribution in [0.4, 0.5) is 13.2 Å². The Morgan fingerprint density at radius 2 is 1.79 bits per heavy atom. The highest BCUT2D eigenvalue weighted by molar-refractivity contribution is 5.75. The van der Waals surface area contributed by atoms with E-state index in [0.29, 0.717) is 19.0 Å².